The molecule has 2 aromatic rings. The molecule has 2 aromatic carbocycles. The quantitative estimate of drug-likeness (QED) is 0.941. The van der Waals surface area contributed by atoms with E-state index < -0.39 is 10.0 Å². The minimum absolute atomic E-state index is 0.0202. The smallest absolute Gasteiger partial charge is 0.238 e. The van der Waals surface area contributed by atoms with E-state index in [0.29, 0.717) is 5.75 Å². The fourth-order valence-corrected chi connectivity index (χ4v) is 2.20. The number of benzene rings is 2. The van der Waals surface area contributed by atoms with Crippen molar-refractivity contribution in [3.05, 3.63) is 59.4 Å². The van der Waals surface area contributed by atoms with Crippen molar-refractivity contribution >= 4 is 10.0 Å². The van der Waals surface area contributed by atoms with Crippen LogP contribution in [0.5, 0.6) is 5.75 Å². The normalized spacial score (nSPS) is 11.3. The van der Waals surface area contributed by atoms with Gasteiger partial charge in [-0.3, -0.25) is 0 Å². The zero-order chi connectivity index (χ0) is 14.8. The van der Waals surface area contributed by atoms with E-state index in [2.05, 4.69) is 0 Å². The van der Waals surface area contributed by atoms with E-state index in [1.54, 1.807) is 6.07 Å². The molecule has 0 saturated carbocycles. The minimum Gasteiger partial charge on any atom is -0.489 e. The van der Waals surface area contributed by atoms with Crippen molar-refractivity contribution in [3.63, 3.8) is 0 Å². The predicted molar refractivity (Wildman–Crippen MR) is 73.3 cm³/mol. The Morgan fingerprint density at radius 1 is 1.15 bits per heavy atom. The topological polar surface area (TPSA) is 69.4 Å². The van der Waals surface area contributed by atoms with Crippen LogP contribution in [0, 0.1) is 12.7 Å². The number of rotatable bonds is 4. The first kappa shape index (κ1) is 14.5. The molecule has 0 fully saturated rings. The molecule has 2 N–H and O–H groups in total. The molecule has 20 heavy (non-hydrogen) atoms. The molecule has 0 amide bonds. The van der Waals surface area contributed by atoms with Crippen molar-refractivity contribution in [1.29, 1.82) is 0 Å². The SMILES string of the molecule is Cc1ccc(F)cc1COc1ccc(S(N)(=O)=O)cc1. The number of primary sulfonamides is 1. The van der Waals surface area contributed by atoms with E-state index in [-0.39, 0.29) is 17.3 Å². The van der Waals surface area contributed by atoms with Crippen LogP contribution < -0.4 is 9.88 Å². The zero-order valence-electron chi connectivity index (χ0n) is 10.8. The van der Waals surface area contributed by atoms with Crippen LogP contribution in [0.1, 0.15) is 11.1 Å². The summed E-state index contributed by atoms with van der Waals surface area (Å²) in [6.07, 6.45) is 0. The van der Waals surface area contributed by atoms with Gasteiger partial charge >= 0.3 is 0 Å². The van der Waals surface area contributed by atoms with Crippen LogP contribution in [-0.2, 0) is 16.6 Å². The van der Waals surface area contributed by atoms with Crippen molar-refractivity contribution < 1.29 is 17.5 Å². The van der Waals surface area contributed by atoms with Gasteiger partial charge in [-0.25, -0.2) is 17.9 Å². The van der Waals surface area contributed by atoms with Crippen molar-refractivity contribution in [2.24, 2.45) is 5.14 Å². The molecule has 0 unspecified atom stereocenters. The van der Waals surface area contributed by atoms with Gasteiger partial charge in [0.1, 0.15) is 18.2 Å². The third-order valence-electron chi connectivity index (χ3n) is 2.86. The first-order chi connectivity index (χ1) is 9.36. The summed E-state index contributed by atoms with van der Waals surface area (Å²) >= 11 is 0. The number of aryl methyl sites for hydroxylation is 1. The zero-order valence-corrected chi connectivity index (χ0v) is 11.7. The number of hydrogen-bond acceptors (Lipinski definition) is 3. The van der Waals surface area contributed by atoms with Crippen LogP contribution in [0.25, 0.3) is 0 Å². The summed E-state index contributed by atoms with van der Waals surface area (Å²) in [7, 11) is -3.70. The highest BCUT2D eigenvalue weighted by Crippen LogP contribution is 2.18. The Morgan fingerprint density at radius 3 is 2.40 bits per heavy atom. The molecule has 0 atom stereocenters. The molecule has 0 aliphatic carbocycles. The molecule has 0 aromatic heterocycles. The van der Waals surface area contributed by atoms with E-state index in [1.807, 2.05) is 6.92 Å². The van der Waals surface area contributed by atoms with Gasteiger partial charge in [0.15, 0.2) is 0 Å². The Labute approximate surface area is 117 Å². The van der Waals surface area contributed by atoms with Crippen LogP contribution in [0.3, 0.4) is 0 Å². The van der Waals surface area contributed by atoms with Crippen LogP contribution in [-0.4, -0.2) is 8.42 Å². The van der Waals surface area contributed by atoms with E-state index in [9.17, 15) is 12.8 Å². The van der Waals surface area contributed by atoms with Gasteiger partial charge in [0, 0.05) is 0 Å². The molecule has 6 heteroatoms. The Morgan fingerprint density at radius 2 is 1.80 bits per heavy atom. The summed E-state index contributed by atoms with van der Waals surface area (Å²) in [6.45, 7) is 2.07. The largest absolute Gasteiger partial charge is 0.489 e. The molecule has 0 spiro atoms. The van der Waals surface area contributed by atoms with Gasteiger partial charge in [-0.2, -0.15) is 0 Å². The van der Waals surface area contributed by atoms with Crippen molar-refractivity contribution in [1.82, 2.24) is 0 Å². The molecular weight excluding hydrogens is 281 g/mol. The first-order valence-corrected chi connectivity index (χ1v) is 7.41. The van der Waals surface area contributed by atoms with Gasteiger partial charge in [0.2, 0.25) is 10.0 Å². The number of halogens is 1. The van der Waals surface area contributed by atoms with E-state index >= 15 is 0 Å². The van der Waals surface area contributed by atoms with Crippen LogP contribution in [0.4, 0.5) is 4.39 Å². The fraction of sp³-hybridized carbons (Fsp3) is 0.143. The van der Waals surface area contributed by atoms with Gasteiger partial charge in [-0.15, -0.1) is 0 Å². The van der Waals surface area contributed by atoms with Crippen LogP contribution in [0.2, 0.25) is 0 Å². The Bertz CT molecular complexity index is 712. The monoisotopic (exact) mass is 295 g/mol. The summed E-state index contributed by atoms with van der Waals surface area (Å²) in [5.41, 5.74) is 1.66. The third kappa shape index (κ3) is 3.55. The van der Waals surface area contributed by atoms with Gasteiger partial charge in [0.25, 0.3) is 0 Å². The van der Waals surface area contributed by atoms with Crippen molar-refractivity contribution in [3.8, 4) is 5.75 Å². The molecule has 4 nitrogen and oxygen atoms in total. The van der Waals surface area contributed by atoms with Gasteiger partial charge in [0.05, 0.1) is 4.90 Å². The summed E-state index contributed by atoms with van der Waals surface area (Å²) in [5, 5.41) is 5.00. The molecule has 2 rings (SSSR count). The second-order valence-corrected chi connectivity index (χ2v) is 5.94. The lowest BCUT2D eigenvalue weighted by atomic mass is 10.1. The average Bonchev–Trinajstić information content (AvgIpc) is 2.39. The van der Waals surface area contributed by atoms with Crippen LogP contribution >= 0.6 is 0 Å². The lowest BCUT2D eigenvalue weighted by molar-refractivity contribution is 0.304. The Balaban J connectivity index is 2.10. The third-order valence-corrected chi connectivity index (χ3v) is 3.79. The average molecular weight is 295 g/mol. The summed E-state index contributed by atoms with van der Waals surface area (Å²) in [4.78, 5) is 0.0202. The van der Waals surface area contributed by atoms with Gasteiger partial charge < -0.3 is 4.74 Å². The minimum atomic E-state index is -3.70. The lowest BCUT2D eigenvalue weighted by Crippen LogP contribution is -2.11. The highest BCUT2D eigenvalue weighted by molar-refractivity contribution is 7.89. The van der Waals surface area contributed by atoms with E-state index in [1.165, 1.54) is 36.4 Å². The summed E-state index contributed by atoms with van der Waals surface area (Å²) < 4.78 is 40.8. The Kier molecular flexibility index (Phi) is 4.06. The van der Waals surface area contributed by atoms with Crippen molar-refractivity contribution in [2.75, 3.05) is 0 Å². The molecule has 0 radical (unpaired) electrons. The lowest BCUT2D eigenvalue weighted by Gasteiger charge is -2.09. The number of nitrogens with two attached hydrogens (primary N) is 1. The number of ether oxygens (including phenoxy) is 1. The maximum atomic E-state index is 13.1. The molecule has 0 bridgehead atoms. The summed E-state index contributed by atoms with van der Waals surface area (Å²) in [6, 6.07) is 10.2. The molecule has 0 heterocycles. The predicted octanol–water partition coefficient (Wildman–Crippen LogP) is 2.36. The van der Waals surface area contributed by atoms with Gasteiger partial charge in [-0.1, -0.05) is 6.07 Å². The van der Waals surface area contributed by atoms with E-state index in [0.717, 1.165) is 11.1 Å². The number of sulfonamides is 1. The van der Waals surface area contributed by atoms with Crippen molar-refractivity contribution in [2.45, 2.75) is 18.4 Å². The maximum absolute atomic E-state index is 13.1. The Hall–Kier alpha value is -1.92. The highest BCUT2D eigenvalue weighted by Gasteiger charge is 2.07. The highest BCUT2D eigenvalue weighted by atomic mass is 32.2. The molecule has 106 valence electrons. The number of hydrogen-bond donors (Lipinski definition) is 1. The first-order valence-electron chi connectivity index (χ1n) is 5.87. The van der Waals surface area contributed by atoms with E-state index in [4.69, 9.17) is 9.88 Å². The second kappa shape index (κ2) is 5.60. The molecule has 0 saturated heterocycles. The maximum Gasteiger partial charge on any atom is 0.238 e. The molecule has 0 aliphatic rings. The fourth-order valence-electron chi connectivity index (χ4n) is 1.68. The molecule has 0 aliphatic heterocycles. The van der Waals surface area contributed by atoms with Crippen LogP contribution in [0.15, 0.2) is 47.4 Å². The second-order valence-electron chi connectivity index (χ2n) is 4.38. The van der Waals surface area contributed by atoms with Gasteiger partial charge in [-0.05, 0) is 54.4 Å². The summed E-state index contributed by atoms with van der Waals surface area (Å²) in [5.74, 6) is 0.167. The standard InChI is InChI=1S/C14H14FNO3S/c1-10-2-3-12(15)8-11(10)9-19-13-4-6-14(7-5-13)20(16,17)18/h2-8H,9H2,1H3,(H2,16,17,18). The molecular formula is C14H14FNO3S.